The van der Waals surface area contributed by atoms with E-state index in [-0.39, 0.29) is 11.5 Å². The predicted molar refractivity (Wildman–Crippen MR) is 120 cm³/mol. The van der Waals surface area contributed by atoms with Gasteiger partial charge in [0.25, 0.3) is 11.5 Å². The molecule has 1 saturated heterocycles. The SMILES string of the molecule is O=C(c1ccccc1Cl)N1CCCN(Cc2nc3sc4c(c3c(=O)[nH]2)CCC4)CC1. The summed E-state index contributed by atoms with van der Waals surface area (Å²) in [6, 6.07) is 7.19. The smallest absolute Gasteiger partial charge is 0.259 e. The Bertz CT molecular complexity index is 1170. The molecule has 0 saturated carbocycles. The Hall–Kier alpha value is -2.22. The Morgan fingerprint density at radius 3 is 2.87 bits per heavy atom. The van der Waals surface area contributed by atoms with Crippen LogP contribution in [0.1, 0.15) is 39.5 Å². The molecule has 0 spiro atoms. The van der Waals surface area contributed by atoms with Crippen molar-refractivity contribution in [3.05, 3.63) is 61.5 Å². The molecule has 1 aromatic carbocycles. The maximum absolute atomic E-state index is 12.9. The van der Waals surface area contributed by atoms with Gasteiger partial charge in [0.15, 0.2) is 0 Å². The second-order valence-corrected chi connectivity index (χ2v) is 9.44. The second kappa shape index (κ2) is 8.13. The first kappa shape index (κ1) is 19.7. The molecule has 0 unspecified atom stereocenters. The van der Waals surface area contributed by atoms with Crippen LogP contribution in [0.3, 0.4) is 0 Å². The van der Waals surface area contributed by atoms with Gasteiger partial charge in [0.2, 0.25) is 0 Å². The lowest BCUT2D eigenvalue weighted by Gasteiger charge is -2.22. The van der Waals surface area contributed by atoms with Crippen LogP contribution < -0.4 is 5.56 Å². The van der Waals surface area contributed by atoms with E-state index < -0.39 is 0 Å². The summed E-state index contributed by atoms with van der Waals surface area (Å²) in [7, 11) is 0. The van der Waals surface area contributed by atoms with Crippen molar-refractivity contribution < 1.29 is 4.79 Å². The number of aryl methyl sites for hydroxylation is 2. The molecule has 156 valence electrons. The zero-order valence-corrected chi connectivity index (χ0v) is 18.2. The maximum atomic E-state index is 12.9. The van der Waals surface area contributed by atoms with E-state index in [4.69, 9.17) is 16.6 Å². The van der Waals surface area contributed by atoms with Crippen LogP contribution in [-0.4, -0.2) is 51.9 Å². The highest BCUT2D eigenvalue weighted by molar-refractivity contribution is 7.18. The number of carbonyl (C=O) groups is 1. The Kier molecular flexibility index (Phi) is 5.35. The number of H-pyrrole nitrogens is 1. The van der Waals surface area contributed by atoms with Crippen molar-refractivity contribution in [3.63, 3.8) is 0 Å². The summed E-state index contributed by atoms with van der Waals surface area (Å²) in [5.41, 5.74) is 1.74. The minimum atomic E-state index is -0.0245. The van der Waals surface area contributed by atoms with E-state index >= 15 is 0 Å². The monoisotopic (exact) mass is 442 g/mol. The second-order valence-electron chi connectivity index (χ2n) is 7.95. The zero-order chi connectivity index (χ0) is 20.7. The molecule has 6 nitrogen and oxygen atoms in total. The van der Waals surface area contributed by atoms with Crippen LogP contribution in [0, 0.1) is 0 Å². The Morgan fingerprint density at radius 2 is 2.00 bits per heavy atom. The number of rotatable bonds is 3. The van der Waals surface area contributed by atoms with E-state index in [2.05, 4.69) is 9.88 Å². The number of benzene rings is 1. The van der Waals surface area contributed by atoms with Crippen LogP contribution >= 0.6 is 22.9 Å². The molecule has 1 N–H and O–H groups in total. The summed E-state index contributed by atoms with van der Waals surface area (Å²) in [5.74, 6) is 0.682. The van der Waals surface area contributed by atoms with Crippen molar-refractivity contribution in [1.29, 1.82) is 0 Å². The minimum Gasteiger partial charge on any atom is -0.337 e. The van der Waals surface area contributed by atoms with Crippen molar-refractivity contribution in [3.8, 4) is 0 Å². The van der Waals surface area contributed by atoms with Gasteiger partial charge in [0.1, 0.15) is 10.7 Å². The fourth-order valence-corrected chi connectivity index (χ4v) is 5.97. The van der Waals surface area contributed by atoms with E-state index in [0.29, 0.717) is 36.0 Å². The molecular formula is C22H23ClN4O2S. The summed E-state index contributed by atoms with van der Waals surface area (Å²) >= 11 is 7.88. The lowest BCUT2D eigenvalue weighted by atomic mass is 10.2. The molecule has 3 aromatic rings. The Labute approximate surface area is 183 Å². The van der Waals surface area contributed by atoms with Crippen LogP contribution in [0.4, 0.5) is 0 Å². The summed E-state index contributed by atoms with van der Waals surface area (Å²) in [6.45, 7) is 3.50. The number of nitrogens with one attached hydrogen (secondary N) is 1. The van der Waals surface area contributed by atoms with Gasteiger partial charge < -0.3 is 9.88 Å². The average molecular weight is 443 g/mol. The van der Waals surface area contributed by atoms with Crippen LogP contribution in [0.5, 0.6) is 0 Å². The Balaban J connectivity index is 1.29. The highest BCUT2D eigenvalue weighted by Gasteiger charge is 2.24. The fraction of sp³-hybridized carbons (Fsp3) is 0.409. The van der Waals surface area contributed by atoms with E-state index in [9.17, 15) is 9.59 Å². The predicted octanol–water partition coefficient (Wildman–Crippen LogP) is 3.47. The number of carbonyl (C=O) groups excluding carboxylic acids is 1. The lowest BCUT2D eigenvalue weighted by molar-refractivity contribution is 0.0761. The first-order valence-corrected chi connectivity index (χ1v) is 11.6. The first-order valence-electron chi connectivity index (χ1n) is 10.4. The quantitative estimate of drug-likeness (QED) is 0.674. The van der Waals surface area contributed by atoms with Gasteiger partial charge in [0.05, 0.1) is 22.5 Å². The summed E-state index contributed by atoms with van der Waals surface area (Å²) in [5, 5.41) is 1.28. The molecule has 0 radical (unpaired) electrons. The molecule has 8 heteroatoms. The van der Waals surface area contributed by atoms with Crippen LogP contribution in [0.25, 0.3) is 10.2 Å². The van der Waals surface area contributed by atoms with E-state index in [0.717, 1.165) is 49.0 Å². The van der Waals surface area contributed by atoms with Gasteiger partial charge in [-0.15, -0.1) is 11.3 Å². The number of thiophene rings is 1. The summed E-state index contributed by atoms with van der Waals surface area (Å²) < 4.78 is 0. The highest BCUT2D eigenvalue weighted by atomic mass is 35.5. The van der Waals surface area contributed by atoms with Crippen LogP contribution in [-0.2, 0) is 19.4 Å². The van der Waals surface area contributed by atoms with E-state index in [1.165, 1.54) is 10.4 Å². The number of halogens is 1. The van der Waals surface area contributed by atoms with Gasteiger partial charge in [0, 0.05) is 31.1 Å². The van der Waals surface area contributed by atoms with Gasteiger partial charge in [-0.1, -0.05) is 23.7 Å². The summed E-state index contributed by atoms with van der Waals surface area (Å²) in [6.07, 6.45) is 4.05. The maximum Gasteiger partial charge on any atom is 0.259 e. The molecule has 2 aliphatic rings. The standard InChI is InChI=1S/C22H23ClN4O2S/c23-16-7-2-1-5-14(16)22(29)27-10-4-9-26(11-12-27)13-18-24-20(28)19-15-6-3-8-17(15)30-21(19)25-18/h1-2,5,7H,3-4,6,8-13H2,(H,24,25,28). The molecule has 3 heterocycles. The van der Waals surface area contributed by atoms with Crippen molar-refractivity contribution in [2.45, 2.75) is 32.2 Å². The van der Waals surface area contributed by atoms with E-state index in [1.54, 1.807) is 23.5 Å². The number of hydrogen-bond acceptors (Lipinski definition) is 5. The van der Waals surface area contributed by atoms with E-state index in [1.807, 2.05) is 17.0 Å². The number of fused-ring (bicyclic) bond motifs is 3. The molecular weight excluding hydrogens is 420 g/mol. The third-order valence-corrected chi connectivity index (χ3v) is 7.49. The van der Waals surface area contributed by atoms with Crippen molar-refractivity contribution in [2.24, 2.45) is 0 Å². The lowest BCUT2D eigenvalue weighted by Crippen LogP contribution is -2.35. The average Bonchev–Trinajstić information content (AvgIpc) is 3.22. The Morgan fingerprint density at radius 1 is 1.13 bits per heavy atom. The largest absolute Gasteiger partial charge is 0.337 e. The third-order valence-electron chi connectivity index (χ3n) is 5.98. The molecule has 30 heavy (non-hydrogen) atoms. The van der Waals surface area contributed by atoms with Crippen molar-refractivity contribution in [1.82, 2.24) is 19.8 Å². The van der Waals surface area contributed by atoms with Gasteiger partial charge in [-0.3, -0.25) is 14.5 Å². The van der Waals surface area contributed by atoms with Crippen molar-refractivity contribution >= 4 is 39.1 Å². The number of hydrogen-bond donors (Lipinski definition) is 1. The molecule has 0 atom stereocenters. The normalized spacial score (nSPS) is 17.3. The number of nitrogens with zero attached hydrogens (tertiary/aromatic N) is 3. The molecule has 1 fully saturated rings. The topological polar surface area (TPSA) is 69.3 Å². The molecule has 1 aliphatic heterocycles. The van der Waals surface area contributed by atoms with Gasteiger partial charge in [-0.2, -0.15) is 0 Å². The molecule has 2 aromatic heterocycles. The first-order chi connectivity index (χ1) is 14.6. The molecule has 0 bridgehead atoms. The third kappa shape index (κ3) is 3.66. The van der Waals surface area contributed by atoms with Crippen molar-refractivity contribution in [2.75, 3.05) is 26.2 Å². The van der Waals surface area contributed by atoms with Gasteiger partial charge >= 0.3 is 0 Å². The van der Waals surface area contributed by atoms with Crippen LogP contribution in [0.15, 0.2) is 29.1 Å². The van der Waals surface area contributed by atoms with Crippen LogP contribution in [0.2, 0.25) is 5.02 Å². The molecule has 1 amide bonds. The van der Waals surface area contributed by atoms with Gasteiger partial charge in [-0.05, 0) is 43.4 Å². The number of aromatic amines is 1. The minimum absolute atomic E-state index is 0.0141. The highest BCUT2D eigenvalue weighted by Crippen LogP contribution is 2.34. The number of aromatic nitrogens is 2. The summed E-state index contributed by atoms with van der Waals surface area (Å²) in [4.78, 5) is 39.6. The fourth-order valence-electron chi connectivity index (χ4n) is 4.47. The number of amides is 1. The molecule has 1 aliphatic carbocycles. The zero-order valence-electron chi connectivity index (χ0n) is 16.6. The molecule has 5 rings (SSSR count). The van der Waals surface area contributed by atoms with Gasteiger partial charge in [-0.25, -0.2) is 4.98 Å².